The van der Waals surface area contributed by atoms with Crippen molar-refractivity contribution in [2.24, 2.45) is 0 Å². The van der Waals surface area contributed by atoms with E-state index in [0.29, 0.717) is 27.8 Å². The van der Waals surface area contributed by atoms with Crippen LogP contribution in [0.1, 0.15) is 16.8 Å². The van der Waals surface area contributed by atoms with Crippen LogP contribution in [0.4, 0.5) is 11.6 Å². The van der Waals surface area contributed by atoms with Crippen LogP contribution in [-0.4, -0.2) is 15.7 Å². The molecule has 0 radical (unpaired) electrons. The lowest BCUT2D eigenvalue weighted by Gasteiger charge is -2.08. The lowest BCUT2D eigenvalue weighted by Crippen LogP contribution is -2.07. The third-order valence-electron chi connectivity index (χ3n) is 3.33. The number of nitrogens with zero attached hydrogens (tertiary/aromatic N) is 3. The van der Waals surface area contributed by atoms with Gasteiger partial charge in [0.05, 0.1) is 28.1 Å². The van der Waals surface area contributed by atoms with Gasteiger partial charge in [-0.25, -0.2) is 9.97 Å². The molecule has 0 bridgehead atoms. The second-order valence-electron chi connectivity index (χ2n) is 4.93. The molecule has 2 N–H and O–H groups in total. The molecule has 24 heavy (non-hydrogen) atoms. The average Bonchev–Trinajstić information content (AvgIpc) is 2.62. The molecule has 6 heteroatoms. The van der Waals surface area contributed by atoms with E-state index in [4.69, 9.17) is 22.3 Å². The summed E-state index contributed by atoms with van der Waals surface area (Å²) in [5, 5.41) is 20.7. The van der Waals surface area contributed by atoms with Gasteiger partial charge in [0.1, 0.15) is 0 Å². The Morgan fingerprint density at radius 1 is 1.08 bits per heavy atom. The van der Waals surface area contributed by atoms with E-state index in [1.165, 1.54) is 0 Å². The van der Waals surface area contributed by atoms with Gasteiger partial charge in [-0.1, -0.05) is 29.8 Å². The standard InChI is InChI=1S/C18H12ClN5/c19-15-4-2-1-3-14(15)17(21)16-9-10-22-18(24-16)23-13-7-5-12(11-20)6-8-13/h1-10,21H,(H,22,23,24). The highest BCUT2D eigenvalue weighted by molar-refractivity contribution is 6.35. The van der Waals surface area contributed by atoms with E-state index in [1.54, 1.807) is 48.7 Å². The minimum absolute atomic E-state index is 0.228. The number of hydrogen-bond acceptors (Lipinski definition) is 5. The van der Waals surface area contributed by atoms with Crippen LogP contribution in [0.25, 0.3) is 0 Å². The van der Waals surface area contributed by atoms with Crippen molar-refractivity contribution < 1.29 is 0 Å². The van der Waals surface area contributed by atoms with E-state index < -0.39 is 0 Å². The molecule has 0 spiro atoms. The Bertz CT molecular complexity index is 929. The third-order valence-corrected chi connectivity index (χ3v) is 3.65. The fraction of sp³-hybridized carbons (Fsp3) is 0. The molecule has 3 rings (SSSR count). The zero-order valence-corrected chi connectivity index (χ0v) is 13.2. The van der Waals surface area contributed by atoms with Crippen LogP contribution in [0.2, 0.25) is 5.02 Å². The van der Waals surface area contributed by atoms with E-state index in [9.17, 15) is 0 Å². The van der Waals surface area contributed by atoms with Crippen molar-refractivity contribution >= 4 is 28.9 Å². The van der Waals surface area contributed by atoms with Crippen LogP contribution in [0.5, 0.6) is 0 Å². The number of halogens is 1. The largest absolute Gasteiger partial charge is 0.324 e. The minimum Gasteiger partial charge on any atom is -0.324 e. The normalized spacial score (nSPS) is 10.0. The monoisotopic (exact) mass is 333 g/mol. The first-order valence-electron chi connectivity index (χ1n) is 7.11. The maximum atomic E-state index is 8.82. The van der Waals surface area contributed by atoms with Crippen LogP contribution in [0, 0.1) is 16.7 Å². The Labute approximate surface area is 144 Å². The summed E-state index contributed by atoms with van der Waals surface area (Å²) in [7, 11) is 0. The average molecular weight is 334 g/mol. The smallest absolute Gasteiger partial charge is 0.227 e. The van der Waals surface area contributed by atoms with E-state index in [-0.39, 0.29) is 5.71 Å². The molecule has 3 aromatic rings. The molecule has 5 nitrogen and oxygen atoms in total. The highest BCUT2D eigenvalue weighted by atomic mass is 35.5. The summed E-state index contributed by atoms with van der Waals surface area (Å²) in [6.07, 6.45) is 1.58. The molecule has 0 aliphatic heterocycles. The zero-order valence-electron chi connectivity index (χ0n) is 12.5. The number of hydrogen-bond donors (Lipinski definition) is 2. The first-order valence-corrected chi connectivity index (χ1v) is 7.49. The number of rotatable bonds is 4. The molecular formula is C18H12ClN5. The Morgan fingerprint density at radius 3 is 2.54 bits per heavy atom. The molecule has 0 aliphatic carbocycles. The molecular weight excluding hydrogens is 322 g/mol. The van der Waals surface area contributed by atoms with Crippen LogP contribution in [0.15, 0.2) is 60.8 Å². The van der Waals surface area contributed by atoms with Crippen molar-refractivity contribution in [3.05, 3.63) is 82.6 Å². The molecule has 0 saturated heterocycles. The molecule has 1 aromatic heterocycles. The van der Waals surface area contributed by atoms with Crippen molar-refractivity contribution in [2.75, 3.05) is 5.32 Å². The maximum Gasteiger partial charge on any atom is 0.227 e. The molecule has 0 aliphatic rings. The van der Waals surface area contributed by atoms with Crippen molar-refractivity contribution in [1.82, 2.24) is 9.97 Å². The summed E-state index contributed by atoms with van der Waals surface area (Å²) < 4.78 is 0. The fourth-order valence-electron chi connectivity index (χ4n) is 2.12. The van der Waals surface area contributed by atoms with Crippen molar-refractivity contribution in [3.63, 3.8) is 0 Å². The van der Waals surface area contributed by atoms with Gasteiger partial charge >= 0.3 is 0 Å². The number of nitriles is 1. The summed E-state index contributed by atoms with van der Waals surface area (Å²) in [4.78, 5) is 8.52. The summed E-state index contributed by atoms with van der Waals surface area (Å²) in [5.41, 5.74) is 2.65. The maximum absolute atomic E-state index is 8.82. The molecule has 2 aromatic carbocycles. The highest BCUT2D eigenvalue weighted by Gasteiger charge is 2.11. The van der Waals surface area contributed by atoms with Crippen LogP contribution < -0.4 is 5.32 Å². The van der Waals surface area contributed by atoms with Gasteiger partial charge in [0.25, 0.3) is 0 Å². The number of anilines is 2. The minimum atomic E-state index is 0.228. The van der Waals surface area contributed by atoms with Gasteiger partial charge in [0, 0.05) is 17.4 Å². The van der Waals surface area contributed by atoms with Crippen LogP contribution >= 0.6 is 11.6 Å². The Balaban J connectivity index is 1.85. The summed E-state index contributed by atoms with van der Waals surface area (Å²) >= 11 is 6.14. The van der Waals surface area contributed by atoms with Gasteiger partial charge in [-0.3, -0.25) is 5.41 Å². The van der Waals surface area contributed by atoms with E-state index in [0.717, 1.165) is 5.69 Å². The van der Waals surface area contributed by atoms with Crippen molar-refractivity contribution in [2.45, 2.75) is 0 Å². The molecule has 116 valence electrons. The van der Waals surface area contributed by atoms with Crippen LogP contribution in [-0.2, 0) is 0 Å². The molecule has 0 fully saturated rings. The van der Waals surface area contributed by atoms with Crippen molar-refractivity contribution in [3.8, 4) is 6.07 Å². The quantitative estimate of drug-likeness (QED) is 0.702. The second kappa shape index (κ2) is 6.90. The first-order chi connectivity index (χ1) is 11.7. The second-order valence-corrected chi connectivity index (χ2v) is 5.34. The van der Waals surface area contributed by atoms with Gasteiger partial charge in [-0.15, -0.1) is 0 Å². The SMILES string of the molecule is N#Cc1ccc(Nc2nccc(C(=N)c3ccccc3Cl)n2)cc1. The zero-order chi connectivity index (χ0) is 16.9. The van der Waals surface area contributed by atoms with Gasteiger partial charge in [0.15, 0.2) is 0 Å². The molecule has 1 heterocycles. The van der Waals surface area contributed by atoms with E-state index in [2.05, 4.69) is 21.4 Å². The Kier molecular flexibility index (Phi) is 4.50. The lowest BCUT2D eigenvalue weighted by molar-refractivity contribution is 1.14. The van der Waals surface area contributed by atoms with Gasteiger partial charge in [0.2, 0.25) is 5.95 Å². The molecule has 0 unspecified atom stereocenters. The predicted molar refractivity (Wildman–Crippen MR) is 93.9 cm³/mol. The summed E-state index contributed by atoms with van der Waals surface area (Å²) in [6.45, 7) is 0. The van der Waals surface area contributed by atoms with Gasteiger partial charge in [-0.05, 0) is 36.4 Å². The van der Waals surface area contributed by atoms with Gasteiger partial charge in [-0.2, -0.15) is 5.26 Å². The lowest BCUT2D eigenvalue weighted by atomic mass is 10.1. The molecule has 0 atom stereocenters. The topological polar surface area (TPSA) is 85.5 Å². The Morgan fingerprint density at radius 2 is 1.83 bits per heavy atom. The predicted octanol–water partition coefficient (Wildman–Crippen LogP) is 4.16. The highest BCUT2D eigenvalue weighted by Crippen LogP contribution is 2.19. The third kappa shape index (κ3) is 3.40. The van der Waals surface area contributed by atoms with E-state index >= 15 is 0 Å². The Hall–Kier alpha value is -3.23. The van der Waals surface area contributed by atoms with E-state index in [1.807, 2.05) is 12.1 Å². The number of benzene rings is 2. The number of aromatic nitrogens is 2. The van der Waals surface area contributed by atoms with Gasteiger partial charge < -0.3 is 5.32 Å². The van der Waals surface area contributed by atoms with Crippen LogP contribution in [0.3, 0.4) is 0 Å². The summed E-state index contributed by atoms with van der Waals surface area (Å²) in [6, 6.07) is 17.8. The molecule has 0 saturated carbocycles. The first kappa shape index (κ1) is 15.7. The summed E-state index contributed by atoms with van der Waals surface area (Å²) in [5.74, 6) is 0.369. The fourth-order valence-corrected chi connectivity index (χ4v) is 2.35. The number of nitrogens with one attached hydrogen (secondary N) is 2. The molecule has 0 amide bonds. The van der Waals surface area contributed by atoms with Crippen molar-refractivity contribution in [1.29, 1.82) is 10.7 Å².